The first-order valence-corrected chi connectivity index (χ1v) is 7.86. The Balaban J connectivity index is 2.10. The molecule has 3 rings (SSSR count). The van der Waals surface area contributed by atoms with Crippen LogP contribution in [0.15, 0.2) is 40.9 Å². The number of H-pyrrole nitrogens is 1. The van der Waals surface area contributed by atoms with Crippen molar-refractivity contribution in [3.05, 3.63) is 46.4 Å². The number of ether oxygens (including phenoxy) is 1. The predicted molar refractivity (Wildman–Crippen MR) is 89.8 cm³/mol. The van der Waals surface area contributed by atoms with Gasteiger partial charge in [-0.05, 0) is 49.2 Å². The van der Waals surface area contributed by atoms with Crippen LogP contribution in [0.2, 0.25) is 0 Å². The van der Waals surface area contributed by atoms with Crippen molar-refractivity contribution in [3.63, 3.8) is 0 Å². The molecule has 0 fully saturated rings. The predicted octanol–water partition coefficient (Wildman–Crippen LogP) is 5.09. The zero-order valence-electron chi connectivity index (χ0n) is 12.1. The van der Waals surface area contributed by atoms with Crippen LogP contribution >= 0.6 is 15.9 Å². The van der Waals surface area contributed by atoms with Gasteiger partial charge in [0, 0.05) is 4.47 Å². The van der Waals surface area contributed by atoms with Gasteiger partial charge in [-0.25, -0.2) is 4.98 Å². The second kappa shape index (κ2) is 5.90. The molecule has 1 aromatic heterocycles. The Labute approximate surface area is 132 Å². The van der Waals surface area contributed by atoms with Crippen molar-refractivity contribution in [3.8, 4) is 17.1 Å². The molecule has 3 aromatic rings. The lowest BCUT2D eigenvalue weighted by molar-refractivity contribution is 0.318. The van der Waals surface area contributed by atoms with Gasteiger partial charge in [0.25, 0.3) is 0 Å². The van der Waals surface area contributed by atoms with Gasteiger partial charge in [-0.1, -0.05) is 28.9 Å². The van der Waals surface area contributed by atoms with E-state index in [2.05, 4.69) is 51.9 Å². The third-order valence-corrected chi connectivity index (χ3v) is 3.79. The van der Waals surface area contributed by atoms with Crippen molar-refractivity contribution >= 4 is 27.0 Å². The van der Waals surface area contributed by atoms with E-state index in [0.717, 1.165) is 39.1 Å². The second-order valence-electron chi connectivity index (χ2n) is 5.09. The standard InChI is InChI=1S/C17H17BrN2O/c1-3-8-21-16-7-5-12(18)10-13(16)17-19-14-6-4-11(2)9-15(14)20-17/h4-7,9-10H,3,8H2,1-2H3,(H,19,20). The first-order valence-electron chi connectivity index (χ1n) is 7.06. The Hall–Kier alpha value is -1.81. The van der Waals surface area contributed by atoms with Gasteiger partial charge in [-0.3, -0.25) is 0 Å². The molecule has 2 aromatic carbocycles. The number of imidazole rings is 1. The highest BCUT2D eigenvalue weighted by Gasteiger charge is 2.12. The molecule has 0 saturated heterocycles. The molecule has 108 valence electrons. The van der Waals surface area contributed by atoms with Gasteiger partial charge < -0.3 is 9.72 Å². The molecule has 0 spiro atoms. The zero-order chi connectivity index (χ0) is 14.8. The molecule has 21 heavy (non-hydrogen) atoms. The number of aromatic nitrogens is 2. The van der Waals surface area contributed by atoms with Crippen molar-refractivity contribution in [2.75, 3.05) is 6.61 Å². The van der Waals surface area contributed by atoms with E-state index in [4.69, 9.17) is 4.74 Å². The van der Waals surface area contributed by atoms with Crippen molar-refractivity contribution in [1.29, 1.82) is 0 Å². The lowest BCUT2D eigenvalue weighted by Gasteiger charge is -2.09. The lowest BCUT2D eigenvalue weighted by atomic mass is 10.2. The zero-order valence-corrected chi connectivity index (χ0v) is 13.7. The molecule has 0 aliphatic rings. The Bertz CT molecular complexity index is 780. The Morgan fingerprint density at radius 2 is 2.05 bits per heavy atom. The lowest BCUT2D eigenvalue weighted by Crippen LogP contribution is -1.97. The van der Waals surface area contributed by atoms with Crippen molar-refractivity contribution < 1.29 is 4.74 Å². The minimum Gasteiger partial charge on any atom is -0.493 e. The molecule has 1 heterocycles. The summed E-state index contributed by atoms with van der Waals surface area (Å²) in [4.78, 5) is 8.06. The number of halogens is 1. The number of nitrogens with one attached hydrogen (secondary N) is 1. The van der Waals surface area contributed by atoms with Crippen LogP contribution in [0.1, 0.15) is 18.9 Å². The summed E-state index contributed by atoms with van der Waals surface area (Å²) < 4.78 is 6.85. The highest BCUT2D eigenvalue weighted by atomic mass is 79.9. The molecule has 0 aliphatic carbocycles. The van der Waals surface area contributed by atoms with Crippen LogP contribution in [-0.2, 0) is 0 Å². The normalized spacial score (nSPS) is 11.0. The molecule has 0 radical (unpaired) electrons. The quantitative estimate of drug-likeness (QED) is 0.715. The van der Waals surface area contributed by atoms with E-state index in [9.17, 15) is 0 Å². The Morgan fingerprint density at radius 3 is 2.86 bits per heavy atom. The average Bonchev–Trinajstić information content (AvgIpc) is 2.88. The largest absolute Gasteiger partial charge is 0.493 e. The molecule has 0 unspecified atom stereocenters. The topological polar surface area (TPSA) is 37.9 Å². The van der Waals surface area contributed by atoms with Gasteiger partial charge in [0.2, 0.25) is 0 Å². The minimum absolute atomic E-state index is 0.702. The van der Waals surface area contributed by atoms with Crippen LogP contribution in [0.4, 0.5) is 0 Å². The second-order valence-corrected chi connectivity index (χ2v) is 6.01. The van der Waals surface area contributed by atoms with Gasteiger partial charge >= 0.3 is 0 Å². The first-order chi connectivity index (χ1) is 10.2. The number of hydrogen-bond donors (Lipinski definition) is 1. The summed E-state index contributed by atoms with van der Waals surface area (Å²) in [6.07, 6.45) is 0.981. The maximum absolute atomic E-state index is 5.83. The maximum Gasteiger partial charge on any atom is 0.142 e. The van der Waals surface area contributed by atoms with E-state index >= 15 is 0 Å². The molecular formula is C17H17BrN2O. The number of aromatic amines is 1. The summed E-state index contributed by atoms with van der Waals surface area (Å²) in [5.41, 5.74) is 4.21. The number of rotatable bonds is 4. The molecule has 1 N–H and O–H groups in total. The summed E-state index contributed by atoms with van der Waals surface area (Å²) in [5, 5.41) is 0. The molecular weight excluding hydrogens is 328 g/mol. The van der Waals surface area contributed by atoms with E-state index in [1.165, 1.54) is 5.56 Å². The Morgan fingerprint density at radius 1 is 1.19 bits per heavy atom. The van der Waals surface area contributed by atoms with Crippen LogP contribution in [0.25, 0.3) is 22.4 Å². The first kappa shape index (κ1) is 14.1. The summed E-state index contributed by atoms with van der Waals surface area (Å²) in [7, 11) is 0. The number of nitrogens with zero attached hydrogens (tertiary/aromatic N) is 1. The fourth-order valence-electron chi connectivity index (χ4n) is 2.28. The van der Waals surface area contributed by atoms with Crippen LogP contribution < -0.4 is 4.74 Å². The SMILES string of the molecule is CCCOc1ccc(Br)cc1-c1nc2ccc(C)cc2[nH]1. The molecule has 0 bridgehead atoms. The summed E-state index contributed by atoms with van der Waals surface area (Å²) >= 11 is 3.52. The van der Waals surface area contributed by atoms with E-state index < -0.39 is 0 Å². The fourth-order valence-corrected chi connectivity index (χ4v) is 2.64. The van der Waals surface area contributed by atoms with Crippen LogP contribution in [0, 0.1) is 6.92 Å². The van der Waals surface area contributed by atoms with E-state index in [1.807, 2.05) is 24.3 Å². The highest BCUT2D eigenvalue weighted by molar-refractivity contribution is 9.10. The molecule has 0 atom stereocenters. The average molecular weight is 345 g/mol. The molecule has 0 aliphatic heterocycles. The molecule has 0 amide bonds. The van der Waals surface area contributed by atoms with Gasteiger partial charge in [0.15, 0.2) is 0 Å². The van der Waals surface area contributed by atoms with Crippen molar-refractivity contribution in [2.24, 2.45) is 0 Å². The number of fused-ring (bicyclic) bond motifs is 1. The van der Waals surface area contributed by atoms with E-state index in [1.54, 1.807) is 0 Å². The van der Waals surface area contributed by atoms with Crippen molar-refractivity contribution in [1.82, 2.24) is 9.97 Å². The fraction of sp³-hybridized carbons (Fsp3) is 0.235. The van der Waals surface area contributed by atoms with Gasteiger partial charge in [0.05, 0.1) is 23.2 Å². The number of benzene rings is 2. The molecule has 4 heteroatoms. The van der Waals surface area contributed by atoms with Crippen LogP contribution in [0.5, 0.6) is 5.75 Å². The van der Waals surface area contributed by atoms with Crippen LogP contribution in [0.3, 0.4) is 0 Å². The van der Waals surface area contributed by atoms with Crippen LogP contribution in [-0.4, -0.2) is 16.6 Å². The third kappa shape index (κ3) is 2.95. The molecule has 0 saturated carbocycles. The summed E-state index contributed by atoms with van der Waals surface area (Å²) in [6, 6.07) is 12.2. The van der Waals surface area contributed by atoms with E-state index in [-0.39, 0.29) is 0 Å². The highest BCUT2D eigenvalue weighted by Crippen LogP contribution is 2.32. The van der Waals surface area contributed by atoms with Crippen molar-refractivity contribution in [2.45, 2.75) is 20.3 Å². The van der Waals surface area contributed by atoms with Gasteiger partial charge in [-0.15, -0.1) is 0 Å². The number of aryl methyl sites for hydroxylation is 1. The van der Waals surface area contributed by atoms with Gasteiger partial charge in [0.1, 0.15) is 11.6 Å². The number of hydrogen-bond acceptors (Lipinski definition) is 2. The summed E-state index contributed by atoms with van der Waals surface area (Å²) in [5.74, 6) is 1.69. The smallest absolute Gasteiger partial charge is 0.142 e. The Kier molecular flexibility index (Phi) is 3.97. The third-order valence-electron chi connectivity index (χ3n) is 3.30. The van der Waals surface area contributed by atoms with E-state index in [0.29, 0.717) is 6.61 Å². The van der Waals surface area contributed by atoms with Gasteiger partial charge in [-0.2, -0.15) is 0 Å². The monoisotopic (exact) mass is 344 g/mol. The summed E-state index contributed by atoms with van der Waals surface area (Å²) in [6.45, 7) is 4.88. The minimum atomic E-state index is 0.702. The maximum atomic E-state index is 5.83. The molecule has 3 nitrogen and oxygen atoms in total.